The maximum Gasteiger partial charge on any atom is 0.312 e. The van der Waals surface area contributed by atoms with Gasteiger partial charge in [-0.1, -0.05) is 41.9 Å². The summed E-state index contributed by atoms with van der Waals surface area (Å²) < 4.78 is 2.06. The van der Waals surface area contributed by atoms with Gasteiger partial charge in [0.15, 0.2) is 0 Å². The summed E-state index contributed by atoms with van der Waals surface area (Å²) in [5.41, 5.74) is 3.04. The summed E-state index contributed by atoms with van der Waals surface area (Å²) in [5, 5.41) is 9.86. The number of halogens is 1. The molecule has 1 atom stereocenters. The van der Waals surface area contributed by atoms with Gasteiger partial charge in [0, 0.05) is 24.4 Å². The molecule has 1 aromatic heterocycles. The first kappa shape index (κ1) is 12.3. The minimum absolute atomic E-state index is 0.415. The Morgan fingerprint density at radius 2 is 2.11 bits per heavy atom. The van der Waals surface area contributed by atoms with Crippen molar-refractivity contribution in [1.29, 1.82) is 0 Å². The summed E-state index contributed by atoms with van der Waals surface area (Å²) in [7, 11) is 0. The molecule has 3 rings (SSSR count). The average molecular weight is 276 g/mol. The first-order valence-electron chi connectivity index (χ1n) is 6.31. The fourth-order valence-corrected chi connectivity index (χ4v) is 3.03. The molecule has 1 N–H and O–H groups in total. The molecule has 0 saturated carbocycles. The van der Waals surface area contributed by atoms with Crippen molar-refractivity contribution in [2.24, 2.45) is 0 Å². The van der Waals surface area contributed by atoms with Crippen LogP contribution in [0.5, 0.6) is 0 Å². The van der Waals surface area contributed by atoms with Gasteiger partial charge in [0.25, 0.3) is 0 Å². The van der Waals surface area contributed by atoms with Gasteiger partial charge in [-0.2, -0.15) is 0 Å². The molecular formula is C15H14ClNO2. The maximum atomic E-state index is 11.2. The number of carboxylic acid groups (broad SMARTS) is 1. The molecule has 0 radical (unpaired) electrons. The highest BCUT2D eigenvalue weighted by atomic mass is 35.5. The Hall–Kier alpha value is -1.74. The third-order valence-electron chi connectivity index (χ3n) is 3.70. The molecule has 2 aromatic rings. The van der Waals surface area contributed by atoms with Gasteiger partial charge in [-0.15, -0.1) is 0 Å². The Labute approximate surface area is 116 Å². The van der Waals surface area contributed by atoms with Gasteiger partial charge < -0.3 is 9.67 Å². The third-order valence-corrected chi connectivity index (χ3v) is 4.03. The molecule has 19 heavy (non-hydrogen) atoms. The first-order chi connectivity index (χ1) is 9.16. The number of nitrogens with zero attached hydrogens (tertiary/aromatic N) is 1. The van der Waals surface area contributed by atoms with E-state index >= 15 is 0 Å². The number of hydrogen-bond donors (Lipinski definition) is 1. The van der Waals surface area contributed by atoms with Crippen molar-refractivity contribution in [1.82, 2.24) is 4.57 Å². The normalized spacial score (nSPS) is 17.4. The standard InChI is InChI=1S/C15H14ClNO2/c16-12-9-13-11(15(18)19)6-7-17(13)14(12)8-10-4-2-1-3-5-10/h1-5,9,11H,6-8H2,(H,18,19). The molecule has 4 heteroatoms. The van der Waals surface area contributed by atoms with Crippen molar-refractivity contribution in [2.75, 3.05) is 0 Å². The number of hydrogen-bond acceptors (Lipinski definition) is 1. The van der Waals surface area contributed by atoms with Crippen LogP contribution in [-0.2, 0) is 17.8 Å². The molecule has 0 fully saturated rings. The molecule has 2 heterocycles. The molecule has 1 aromatic carbocycles. The summed E-state index contributed by atoms with van der Waals surface area (Å²) in [6.45, 7) is 0.737. The lowest BCUT2D eigenvalue weighted by Gasteiger charge is -2.07. The number of carboxylic acids is 1. The van der Waals surface area contributed by atoms with E-state index in [-0.39, 0.29) is 0 Å². The zero-order valence-electron chi connectivity index (χ0n) is 10.3. The van der Waals surface area contributed by atoms with Crippen LogP contribution in [0, 0.1) is 0 Å². The molecule has 0 aliphatic carbocycles. The van der Waals surface area contributed by atoms with Crippen LogP contribution in [0.2, 0.25) is 5.02 Å². The van der Waals surface area contributed by atoms with Crippen molar-refractivity contribution in [3.05, 3.63) is 58.4 Å². The maximum absolute atomic E-state index is 11.2. The van der Waals surface area contributed by atoms with Crippen molar-refractivity contribution < 1.29 is 9.90 Å². The number of fused-ring (bicyclic) bond motifs is 1. The molecule has 1 unspecified atom stereocenters. The molecule has 0 bridgehead atoms. The van der Waals surface area contributed by atoms with E-state index in [1.165, 1.54) is 5.56 Å². The summed E-state index contributed by atoms with van der Waals surface area (Å²) in [5.74, 6) is -1.18. The van der Waals surface area contributed by atoms with Gasteiger partial charge in [-0.25, -0.2) is 0 Å². The van der Waals surface area contributed by atoms with Gasteiger partial charge >= 0.3 is 5.97 Å². The molecule has 98 valence electrons. The summed E-state index contributed by atoms with van der Waals surface area (Å²) in [4.78, 5) is 11.2. The lowest BCUT2D eigenvalue weighted by atomic mass is 10.1. The second kappa shape index (κ2) is 4.74. The van der Waals surface area contributed by atoms with E-state index in [2.05, 4.69) is 16.7 Å². The Morgan fingerprint density at radius 3 is 2.79 bits per heavy atom. The number of aliphatic carboxylic acids is 1. The van der Waals surface area contributed by atoms with E-state index in [0.29, 0.717) is 11.4 Å². The first-order valence-corrected chi connectivity index (χ1v) is 6.69. The Balaban J connectivity index is 1.96. The van der Waals surface area contributed by atoms with E-state index in [0.717, 1.165) is 24.4 Å². The quantitative estimate of drug-likeness (QED) is 0.934. The second-order valence-corrected chi connectivity index (χ2v) is 5.26. The van der Waals surface area contributed by atoms with Gasteiger partial charge in [0.2, 0.25) is 0 Å². The van der Waals surface area contributed by atoms with Crippen molar-refractivity contribution in [2.45, 2.75) is 25.3 Å². The predicted octanol–water partition coefficient (Wildman–Crippen LogP) is 3.30. The molecule has 0 amide bonds. The third kappa shape index (κ3) is 2.15. The van der Waals surface area contributed by atoms with Crippen molar-refractivity contribution in [3.63, 3.8) is 0 Å². The number of rotatable bonds is 3. The minimum atomic E-state index is -0.765. The number of benzene rings is 1. The van der Waals surface area contributed by atoms with E-state index in [1.54, 1.807) is 0 Å². The van der Waals surface area contributed by atoms with Crippen molar-refractivity contribution in [3.8, 4) is 0 Å². The smallest absolute Gasteiger partial charge is 0.312 e. The van der Waals surface area contributed by atoms with Crippen LogP contribution in [0.1, 0.15) is 29.3 Å². The van der Waals surface area contributed by atoms with Crippen LogP contribution in [0.25, 0.3) is 0 Å². The largest absolute Gasteiger partial charge is 0.481 e. The Morgan fingerprint density at radius 1 is 1.37 bits per heavy atom. The lowest BCUT2D eigenvalue weighted by molar-refractivity contribution is -0.138. The highest BCUT2D eigenvalue weighted by molar-refractivity contribution is 6.31. The minimum Gasteiger partial charge on any atom is -0.481 e. The molecule has 0 spiro atoms. The summed E-state index contributed by atoms with van der Waals surface area (Å²) >= 11 is 6.27. The molecular weight excluding hydrogens is 262 g/mol. The van der Waals surface area contributed by atoms with E-state index in [1.807, 2.05) is 24.3 Å². The highest BCUT2D eigenvalue weighted by Crippen LogP contribution is 2.35. The zero-order valence-corrected chi connectivity index (χ0v) is 11.1. The van der Waals surface area contributed by atoms with Gasteiger partial charge in [0.1, 0.15) is 0 Å². The van der Waals surface area contributed by atoms with Crippen LogP contribution in [0.15, 0.2) is 36.4 Å². The molecule has 1 aliphatic heterocycles. The molecule has 1 aliphatic rings. The summed E-state index contributed by atoms with van der Waals surface area (Å²) in [6, 6.07) is 11.9. The van der Waals surface area contributed by atoms with E-state index in [4.69, 9.17) is 11.6 Å². The fraction of sp³-hybridized carbons (Fsp3) is 0.267. The highest BCUT2D eigenvalue weighted by Gasteiger charge is 2.31. The van der Waals surface area contributed by atoms with Crippen LogP contribution >= 0.6 is 11.6 Å². The van der Waals surface area contributed by atoms with E-state index in [9.17, 15) is 9.90 Å². The Bertz CT molecular complexity index is 619. The van der Waals surface area contributed by atoms with Gasteiger partial charge in [-0.3, -0.25) is 4.79 Å². The second-order valence-electron chi connectivity index (χ2n) is 4.86. The SMILES string of the molecule is O=C(O)C1CCn2c1cc(Cl)c2Cc1ccccc1. The number of aromatic nitrogens is 1. The van der Waals surface area contributed by atoms with Gasteiger partial charge in [0.05, 0.1) is 10.9 Å². The monoisotopic (exact) mass is 275 g/mol. The predicted molar refractivity (Wildman–Crippen MR) is 73.7 cm³/mol. The van der Waals surface area contributed by atoms with Crippen molar-refractivity contribution >= 4 is 17.6 Å². The Kier molecular flexibility index (Phi) is 3.07. The van der Waals surface area contributed by atoms with Crippen LogP contribution in [-0.4, -0.2) is 15.6 Å². The fourth-order valence-electron chi connectivity index (χ4n) is 2.75. The van der Waals surface area contributed by atoms with Gasteiger partial charge in [-0.05, 0) is 18.1 Å². The number of carbonyl (C=O) groups is 1. The van der Waals surface area contributed by atoms with Crippen LogP contribution in [0.4, 0.5) is 0 Å². The average Bonchev–Trinajstić information content (AvgIpc) is 2.92. The lowest BCUT2D eigenvalue weighted by Crippen LogP contribution is -2.07. The van der Waals surface area contributed by atoms with E-state index < -0.39 is 11.9 Å². The topological polar surface area (TPSA) is 42.2 Å². The summed E-state index contributed by atoms with van der Waals surface area (Å²) in [6.07, 6.45) is 1.40. The molecule has 0 saturated heterocycles. The van der Waals surface area contributed by atoms with Crippen LogP contribution < -0.4 is 0 Å². The molecule has 3 nitrogen and oxygen atoms in total. The zero-order chi connectivity index (χ0) is 13.4. The van der Waals surface area contributed by atoms with Crippen LogP contribution in [0.3, 0.4) is 0 Å².